The number of nitrogens with zero attached hydrogens (tertiary/aromatic N) is 2. The molecular formula is C9H13N3O6. The monoisotopic (exact) mass is 259 g/mol. The number of aliphatic imine (C=N–C) groups is 1. The van der Waals surface area contributed by atoms with Gasteiger partial charge in [-0.25, -0.2) is 0 Å². The number of carbonyl (C=O) groups excluding carboxylic acids is 2. The van der Waals surface area contributed by atoms with Crippen LogP contribution < -0.4 is 5.73 Å². The molecule has 0 bridgehead atoms. The second kappa shape index (κ2) is 4.61. The molecule has 2 aliphatic rings. The first kappa shape index (κ1) is 12.9. The zero-order valence-corrected chi connectivity index (χ0v) is 9.26. The van der Waals surface area contributed by atoms with Crippen molar-refractivity contribution in [2.24, 2.45) is 10.7 Å². The van der Waals surface area contributed by atoms with Gasteiger partial charge in [-0.3, -0.25) is 19.5 Å². The third-order valence-corrected chi connectivity index (χ3v) is 2.90. The number of aliphatic hydroxyl groups is 3. The van der Waals surface area contributed by atoms with Gasteiger partial charge in [0.15, 0.2) is 11.9 Å². The van der Waals surface area contributed by atoms with Crippen LogP contribution >= 0.6 is 0 Å². The number of hydrogen-bond acceptors (Lipinski definition) is 7. The van der Waals surface area contributed by atoms with E-state index in [1.807, 2.05) is 0 Å². The van der Waals surface area contributed by atoms with Crippen molar-refractivity contribution < 1.29 is 29.6 Å². The predicted octanol–water partition coefficient (Wildman–Crippen LogP) is -3.85. The molecule has 0 aromatic heterocycles. The second-order valence-electron chi connectivity index (χ2n) is 4.02. The Hall–Kier alpha value is -1.55. The molecule has 18 heavy (non-hydrogen) atoms. The summed E-state index contributed by atoms with van der Waals surface area (Å²) in [5, 5.41) is 28.2. The van der Waals surface area contributed by atoms with Crippen LogP contribution in [0.4, 0.5) is 0 Å². The number of amides is 2. The van der Waals surface area contributed by atoms with E-state index >= 15 is 0 Å². The van der Waals surface area contributed by atoms with Crippen LogP contribution in [-0.4, -0.2) is 75.6 Å². The Morgan fingerprint density at radius 3 is 2.61 bits per heavy atom. The summed E-state index contributed by atoms with van der Waals surface area (Å²) in [6.45, 7) is -0.690. The molecule has 2 aliphatic heterocycles. The lowest BCUT2D eigenvalue weighted by Crippen LogP contribution is -2.48. The fraction of sp³-hybridized carbons (Fsp3) is 0.667. The van der Waals surface area contributed by atoms with Gasteiger partial charge in [0.05, 0.1) is 6.61 Å². The van der Waals surface area contributed by atoms with Crippen molar-refractivity contribution in [1.82, 2.24) is 4.90 Å². The SMILES string of the molecule is NC(=O)C1=NCN(C2OC(CO)C(O)C2O)C1=O. The van der Waals surface area contributed by atoms with Gasteiger partial charge in [0.2, 0.25) is 0 Å². The van der Waals surface area contributed by atoms with E-state index in [-0.39, 0.29) is 6.67 Å². The normalized spacial score (nSPS) is 36.1. The highest BCUT2D eigenvalue weighted by molar-refractivity contribution is 6.65. The molecule has 0 saturated carbocycles. The first-order valence-electron chi connectivity index (χ1n) is 5.25. The van der Waals surface area contributed by atoms with Gasteiger partial charge in [0, 0.05) is 0 Å². The van der Waals surface area contributed by atoms with Gasteiger partial charge >= 0.3 is 0 Å². The van der Waals surface area contributed by atoms with Gasteiger partial charge in [0.1, 0.15) is 25.0 Å². The first-order valence-corrected chi connectivity index (χ1v) is 5.25. The van der Waals surface area contributed by atoms with Crippen LogP contribution in [0, 0.1) is 0 Å². The van der Waals surface area contributed by atoms with Crippen molar-refractivity contribution in [2.75, 3.05) is 13.3 Å². The third-order valence-electron chi connectivity index (χ3n) is 2.90. The minimum atomic E-state index is -1.38. The van der Waals surface area contributed by atoms with Crippen LogP contribution in [0.1, 0.15) is 0 Å². The zero-order valence-electron chi connectivity index (χ0n) is 9.26. The molecule has 5 N–H and O–H groups in total. The number of aliphatic hydroxyl groups excluding tert-OH is 3. The Kier molecular flexibility index (Phi) is 3.30. The Bertz CT molecular complexity index is 411. The average Bonchev–Trinajstić information content (AvgIpc) is 2.82. The van der Waals surface area contributed by atoms with Gasteiger partial charge in [-0.2, -0.15) is 0 Å². The molecule has 9 heteroatoms. The van der Waals surface area contributed by atoms with E-state index in [9.17, 15) is 19.8 Å². The van der Waals surface area contributed by atoms with Crippen LogP contribution in [0.5, 0.6) is 0 Å². The lowest BCUT2D eigenvalue weighted by molar-refractivity contribution is -0.143. The highest BCUT2D eigenvalue weighted by Gasteiger charge is 2.48. The molecule has 0 aliphatic carbocycles. The average molecular weight is 259 g/mol. The van der Waals surface area contributed by atoms with Crippen LogP contribution in [0.25, 0.3) is 0 Å². The fourth-order valence-corrected chi connectivity index (χ4v) is 1.93. The quantitative estimate of drug-likeness (QED) is 0.408. The smallest absolute Gasteiger partial charge is 0.281 e. The number of carbonyl (C=O) groups is 2. The summed E-state index contributed by atoms with van der Waals surface area (Å²) in [5.74, 6) is -1.73. The summed E-state index contributed by atoms with van der Waals surface area (Å²) >= 11 is 0. The highest BCUT2D eigenvalue weighted by atomic mass is 16.6. The Morgan fingerprint density at radius 1 is 1.50 bits per heavy atom. The molecule has 9 nitrogen and oxygen atoms in total. The summed E-state index contributed by atoms with van der Waals surface area (Å²) in [6, 6.07) is 0. The predicted molar refractivity (Wildman–Crippen MR) is 56.1 cm³/mol. The molecule has 2 amide bonds. The van der Waals surface area contributed by atoms with E-state index in [0.717, 1.165) is 4.90 Å². The summed E-state index contributed by atoms with van der Waals surface area (Å²) < 4.78 is 5.15. The molecular weight excluding hydrogens is 246 g/mol. The van der Waals surface area contributed by atoms with Crippen molar-refractivity contribution in [3.8, 4) is 0 Å². The van der Waals surface area contributed by atoms with Crippen molar-refractivity contribution >= 4 is 17.5 Å². The molecule has 1 fully saturated rings. The van der Waals surface area contributed by atoms with Crippen molar-refractivity contribution in [3.05, 3.63) is 0 Å². The van der Waals surface area contributed by atoms with Crippen LogP contribution in [-0.2, 0) is 14.3 Å². The maximum absolute atomic E-state index is 11.7. The van der Waals surface area contributed by atoms with Gasteiger partial charge in [0.25, 0.3) is 11.8 Å². The molecule has 2 rings (SSSR count). The number of rotatable bonds is 3. The van der Waals surface area contributed by atoms with Crippen LogP contribution in [0.3, 0.4) is 0 Å². The van der Waals surface area contributed by atoms with E-state index in [4.69, 9.17) is 15.6 Å². The Balaban J connectivity index is 2.12. The van der Waals surface area contributed by atoms with Crippen LogP contribution in [0.2, 0.25) is 0 Å². The summed E-state index contributed by atoms with van der Waals surface area (Å²) in [4.78, 5) is 27.2. The highest BCUT2D eigenvalue weighted by Crippen LogP contribution is 2.25. The maximum Gasteiger partial charge on any atom is 0.281 e. The maximum atomic E-state index is 11.7. The number of ether oxygens (including phenoxy) is 1. The molecule has 1 saturated heterocycles. The minimum Gasteiger partial charge on any atom is -0.394 e. The topological polar surface area (TPSA) is 146 Å². The first-order chi connectivity index (χ1) is 8.47. The van der Waals surface area contributed by atoms with Gasteiger partial charge in [-0.15, -0.1) is 0 Å². The summed E-state index contributed by atoms with van der Waals surface area (Å²) in [6.07, 6.45) is -4.85. The van der Waals surface area contributed by atoms with Crippen molar-refractivity contribution in [1.29, 1.82) is 0 Å². The standard InChI is InChI=1S/C9H13N3O6/c10-7(16)4-8(17)12(2-11-4)9-6(15)5(14)3(1-13)18-9/h3,5-6,9,13-15H,1-2H2,(H2,10,16). The van der Waals surface area contributed by atoms with E-state index < -0.39 is 48.7 Å². The van der Waals surface area contributed by atoms with Gasteiger partial charge in [-0.1, -0.05) is 0 Å². The molecule has 0 spiro atoms. The lowest BCUT2D eigenvalue weighted by Gasteiger charge is -2.24. The van der Waals surface area contributed by atoms with Gasteiger partial charge < -0.3 is 25.8 Å². The lowest BCUT2D eigenvalue weighted by atomic mass is 10.1. The molecule has 2 heterocycles. The summed E-state index contributed by atoms with van der Waals surface area (Å²) in [5.41, 5.74) is 4.53. The molecule has 4 atom stereocenters. The number of nitrogens with two attached hydrogens (primary N) is 1. The van der Waals surface area contributed by atoms with E-state index in [1.165, 1.54) is 0 Å². The Morgan fingerprint density at radius 2 is 2.17 bits per heavy atom. The van der Waals surface area contributed by atoms with E-state index in [1.54, 1.807) is 0 Å². The molecule has 0 aromatic carbocycles. The number of primary amides is 1. The van der Waals surface area contributed by atoms with Crippen molar-refractivity contribution in [2.45, 2.75) is 24.5 Å². The summed E-state index contributed by atoms with van der Waals surface area (Å²) in [7, 11) is 0. The molecule has 0 radical (unpaired) electrons. The molecule has 100 valence electrons. The van der Waals surface area contributed by atoms with Crippen molar-refractivity contribution in [3.63, 3.8) is 0 Å². The van der Waals surface area contributed by atoms with E-state index in [2.05, 4.69) is 4.99 Å². The largest absolute Gasteiger partial charge is 0.394 e. The minimum absolute atomic E-state index is 0.191. The molecule has 0 aromatic rings. The fourth-order valence-electron chi connectivity index (χ4n) is 1.93. The second-order valence-corrected chi connectivity index (χ2v) is 4.02. The number of hydrogen-bond donors (Lipinski definition) is 4. The van der Waals surface area contributed by atoms with Crippen LogP contribution in [0.15, 0.2) is 4.99 Å². The molecule has 4 unspecified atom stereocenters. The van der Waals surface area contributed by atoms with Gasteiger partial charge in [-0.05, 0) is 0 Å². The third kappa shape index (κ3) is 1.86. The Labute approximate surface area is 101 Å². The zero-order chi connectivity index (χ0) is 13.4. The van der Waals surface area contributed by atoms with E-state index in [0.29, 0.717) is 0 Å².